The van der Waals surface area contributed by atoms with E-state index >= 15 is 0 Å². The van der Waals surface area contributed by atoms with Crippen LogP contribution in [0.15, 0.2) is 0 Å². The van der Waals surface area contributed by atoms with Gasteiger partial charge in [0.2, 0.25) is 0 Å². The largest absolute Gasteiger partial charge is 0.337 e. The van der Waals surface area contributed by atoms with Crippen LogP contribution in [0.4, 0.5) is 4.79 Å². The van der Waals surface area contributed by atoms with Gasteiger partial charge in [0.05, 0.1) is 0 Å². The lowest BCUT2D eigenvalue weighted by Gasteiger charge is -2.11. The summed E-state index contributed by atoms with van der Waals surface area (Å²) in [5, 5.41) is 7.11. The number of hydrogen-bond donors (Lipinski definition) is 3. The van der Waals surface area contributed by atoms with Gasteiger partial charge in [-0.25, -0.2) is 14.7 Å². The summed E-state index contributed by atoms with van der Waals surface area (Å²) in [7, 11) is -0.486. The highest BCUT2D eigenvalue weighted by atomic mass is 32.2. The summed E-state index contributed by atoms with van der Waals surface area (Å²) < 4.78 is 22.7. The summed E-state index contributed by atoms with van der Waals surface area (Å²) in [5.74, 6) is 0. The van der Waals surface area contributed by atoms with Gasteiger partial charge in [0.1, 0.15) is 0 Å². The summed E-state index contributed by atoms with van der Waals surface area (Å²) in [4.78, 5) is 12.2. The Balaban J connectivity index is 3.53. The van der Waals surface area contributed by atoms with E-state index in [0.717, 1.165) is 0 Å². The Morgan fingerprint density at radius 1 is 1.38 bits per heavy atom. The number of carbonyl (C=O) groups excluding carboxylic acids is 1. The number of nitrogens with two attached hydrogens (primary N) is 1. The topological polar surface area (TPSA) is 105 Å². The highest BCUT2D eigenvalue weighted by Crippen LogP contribution is 1.75. The maximum Gasteiger partial charge on any atom is 0.316 e. The third kappa shape index (κ3) is 7.50. The molecule has 0 unspecified atom stereocenters. The predicted octanol–water partition coefficient (Wildman–Crippen LogP) is -1.95. The number of nitrogens with one attached hydrogen (secondary N) is 2. The molecule has 0 aromatic heterocycles. The van der Waals surface area contributed by atoms with Gasteiger partial charge in [-0.1, -0.05) is 0 Å². The minimum atomic E-state index is -3.66. The van der Waals surface area contributed by atoms with E-state index in [9.17, 15) is 13.2 Å². The molecule has 2 amide bonds. The standard InChI is InChI=1S/C5H14N4O3S/c1-9(2)5(10)7-3-4-8-13(6,11)12/h8H,3-4H2,1-2H3,(H,7,10)(H2,6,11,12). The molecule has 0 aliphatic rings. The van der Waals surface area contributed by atoms with Crippen LogP contribution in [0.3, 0.4) is 0 Å². The van der Waals surface area contributed by atoms with Gasteiger partial charge in [-0.05, 0) is 0 Å². The summed E-state index contributed by atoms with van der Waals surface area (Å²) in [6.45, 7) is 0.284. The lowest BCUT2D eigenvalue weighted by atomic mass is 10.6. The van der Waals surface area contributed by atoms with Crippen molar-refractivity contribution in [3.63, 3.8) is 0 Å². The van der Waals surface area contributed by atoms with Crippen molar-refractivity contribution in [1.82, 2.24) is 14.9 Å². The smallest absolute Gasteiger partial charge is 0.316 e. The third-order valence-electron chi connectivity index (χ3n) is 1.11. The van der Waals surface area contributed by atoms with Crippen LogP contribution < -0.4 is 15.2 Å². The Morgan fingerprint density at radius 2 is 1.92 bits per heavy atom. The zero-order valence-corrected chi connectivity index (χ0v) is 8.39. The van der Waals surface area contributed by atoms with Crippen LogP contribution >= 0.6 is 0 Å². The van der Waals surface area contributed by atoms with E-state index in [-0.39, 0.29) is 19.1 Å². The van der Waals surface area contributed by atoms with Crippen LogP contribution in [0, 0.1) is 0 Å². The Labute approximate surface area is 77.5 Å². The Bertz CT molecular complexity index is 261. The molecule has 0 aliphatic heterocycles. The Hall–Kier alpha value is -0.860. The molecule has 4 N–H and O–H groups in total. The van der Waals surface area contributed by atoms with Crippen molar-refractivity contribution in [1.29, 1.82) is 0 Å². The van der Waals surface area contributed by atoms with Crippen molar-refractivity contribution < 1.29 is 13.2 Å². The molecular formula is C5H14N4O3S. The first-order valence-electron chi connectivity index (χ1n) is 3.55. The van der Waals surface area contributed by atoms with Crippen molar-refractivity contribution in [2.45, 2.75) is 0 Å². The highest BCUT2D eigenvalue weighted by Gasteiger charge is 2.02. The normalized spacial score (nSPS) is 11.0. The van der Waals surface area contributed by atoms with E-state index in [1.165, 1.54) is 4.90 Å². The van der Waals surface area contributed by atoms with Gasteiger partial charge in [0.25, 0.3) is 10.2 Å². The first-order chi connectivity index (χ1) is 5.83. The first kappa shape index (κ1) is 12.1. The summed E-state index contributed by atoms with van der Waals surface area (Å²) >= 11 is 0. The molecule has 0 saturated heterocycles. The molecule has 0 radical (unpaired) electrons. The molecule has 0 rings (SSSR count). The molecule has 0 saturated carbocycles. The maximum atomic E-state index is 10.9. The molecule has 7 nitrogen and oxygen atoms in total. The molecule has 0 heterocycles. The fraction of sp³-hybridized carbons (Fsp3) is 0.800. The molecule has 0 spiro atoms. The number of carbonyl (C=O) groups is 1. The van der Waals surface area contributed by atoms with E-state index in [1.54, 1.807) is 14.1 Å². The second-order valence-corrected chi connectivity index (χ2v) is 3.94. The maximum absolute atomic E-state index is 10.9. The second kappa shape index (κ2) is 5.00. The molecule has 0 aliphatic carbocycles. The lowest BCUT2D eigenvalue weighted by Crippen LogP contribution is -2.41. The van der Waals surface area contributed by atoms with Crippen molar-refractivity contribution in [3.05, 3.63) is 0 Å². The first-order valence-corrected chi connectivity index (χ1v) is 5.10. The van der Waals surface area contributed by atoms with Crippen molar-refractivity contribution in [3.8, 4) is 0 Å². The van der Waals surface area contributed by atoms with Crippen molar-refractivity contribution in [2.75, 3.05) is 27.2 Å². The summed E-state index contributed by atoms with van der Waals surface area (Å²) in [6, 6.07) is -0.281. The van der Waals surface area contributed by atoms with Crippen LogP contribution in [0.25, 0.3) is 0 Å². The van der Waals surface area contributed by atoms with E-state index in [4.69, 9.17) is 0 Å². The number of rotatable bonds is 4. The zero-order chi connectivity index (χ0) is 10.5. The van der Waals surface area contributed by atoms with Crippen LogP contribution in [-0.2, 0) is 10.2 Å². The lowest BCUT2D eigenvalue weighted by molar-refractivity contribution is 0.217. The van der Waals surface area contributed by atoms with Crippen molar-refractivity contribution in [2.24, 2.45) is 5.14 Å². The van der Waals surface area contributed by atoms with E-state index in [2.05, 4.69) is 10.5 Å². The van der Waals surface area contributed by atoms with Gasteiger partial charge < -0.3 is 10.2 Å². The van der Waals surface area contributed by atoms with E-state index in [0.29, 0.717) is 0 Å². The van der Waals surface area contributed by atoms with Gasteiger partial charge in [-0.2, -0.15) is 8.42 Å². The summed E-state index contributed by atoms with van der Waals surface area (Å²) in [5.41, 5.74) is 0. The zero-order valence-electron chi connectivity index (χ0n) is 7.57. The number of nitrogens with zero attached hydrogens (tertiary/aromatic N) is 1. The summed E-state index contributed by atoms with van der Waals surface area (Å²) in [6.07, 6.45) is 0. The SMILES string of the molecule is CN(C)C(=O)NCCNS(N)(=O)=O. The van der Waals surface area contributed by atoms with Crippen LogP contribution in [0.5, 0.6) is 0 Å². The van der Waals surface area contributed by atoms with Crippen LogP contribution in [-0.4, -0.2) is 46.5 Å². The van der Waals surface area contributed by atoms with Crippen LogP contribution in [0.2, 0.25) is 0 Å². The monoisotopic (exact) mass is 210 g/mol. The molecule has 0 aromatic carbocycles. The quantitative estimate of drug-likeness (QED) is 0.470. The number of hydrogen-bond acceptors (Lipinski definition) is 3. The van der Waals surface area contributed by atoms with Gasteiger partial charge in [-0.15, -0.1) is 0 Å². The Kier molecular flexibility index (Phi) is 4.67. The molecule has 0 bridgehead atoms. The molecular weight excluding hydrogens is 196 g/mol. The second-order valence-electron chi connectivity index (χ2n) is 2.57. The fourth-order valence-corrected chi connectivity index (χ4v) is 0.907. The van der Waals surface area contributed by atoms with Gasteiger partial charge in [0.15, 0.2) is 0 Å². The number of amides is 2. The van der Waals surface area contributed by atoms with Gasteiger partial charge in [0, 0.05) is 27.2 Å². The fourth-order valence-electron chi connectivity index (χ4n) is 0.521. The van der Waals surface area contributed by atoms with Gasteiger partial charge >= 0.3 is 6.03 Å². The minimum absolute atomic E-state index is 0.0818. The van der Waals surface area contributed by atoms with Crippen LogP contribution in [0.1, 0.15) is 0 Å². The molecule has 0 aromatic rings. The van der Waals surface area contributed by atoms with E-state index in [1.807, 2.05) is 4.72 Å². The number of urea groups is 1. The van der Waals surface area contributed by atoms with E-state index < -0.39 is 10.2 Å². The molecule has 0 atom stereocenters. The third-order valence-corrected chi connectivity index (χ3v) is 1.72. The molecule has 78 valence electrons. The Morgan fingerprint density at radius 3 is 2.31 bits per heavy atom. The molecule has 13 heavy (non-hydrogen) atoms. The average Bonchev–Trinajstić information content (AvgIpc) is 1.95. The minimum Gasteiger partial charge on any atom is -0.337 e. The highest BCUT2D eigenvalue weighted by molar-refractivity contribution is 7.87. The van der Waals surface area contributed by atoms with Crippen molar-refractivity contribution >= 4 is 16.2 Å². The molecule has 8 heteroatoms. The van der Waals surface area contributed by atoms with Gasteiger partial charge in [-0.3, -0.25) is 0 Å². The molecule has 0 fully saturated rings. The average molecular weight is 210 g/mol. The predicted molar refractivity (Wildman–Crippen MR) is 48.2 cm³/mol.